The second kappa shape index (κ2) is 5.07. The van der Waals surface area contributed by atoms with Gasteiger partial charge >= 0.3 is 0 Å². The van der Waals surface area contributed by atoms with Crippen LogP contribution in [-0.2, 0) is 0 Å². The lowest BCUT2D eigenvalue weighted by atomic mass is 9.90. The van der Waals surface area contributed by atoms with Gasteiger partial charge in [-0.3, -0.25) is 4.79 Å². The summed E-state index contributed by atoms with van der Waals surface area (Å²) in [6, 6.07) is 3.52. The van der Waals surface area contributed by atoms with E-state index in [9.17, 15) is 4.79 Å². The van der Waals surface area contributed by atoms with E-state index in [1.807, 2.05) is 0 Å². The molecule has 1 N–H and O–H groups in total. The van der Waals surface area contributed by atoms with Crippen molar-refractivity contribution in [2.75, 3.05) is 20.2 Å². The molecule has 1 aliphatic heterocycles. The van der Waals surface area contributed by atoms with Gasteiger partial charge in [0.15, 0.2) is 5.78 Å². The largest absolute Gasteiger partial charge is 0.481 e. The Labute approximate surface area is 95.0 Å². The fourth-order valence-corrected chi connectivity index (χ4v) is 1.97. The van der Waals surface area contributed by atoms with Crippen LogP contribution in [0, 0.1) is 5.92 Å². The fraction of sp³-hybridized carbons (Fsp3) is 0.500. The second-order valence-electron chi connectivity index (χ2n) is 3.98. The first-order valence-corrected chi connectivity index (χ1v) is 5.56. The average molecular weight is 220 g/mol. The van der Waals surface area contributed by atoms with E-state index in [0.29, 0.717) is 11.4 Å². The van der Waals surface area contributed by atoms with E-state index in [0.717, 1.165) is 25.9 Å². The first-order valence-electron chi connectivity index (χ1n) is 5.56. The fourth-order valence-electron chi connectivity index (χ4n) is 1.97. The molecule has 0 radical (unpaired) electrons. The third-order valence-corrected chi connectivity index (χ3v) is 2.94. The molecule has 1 fully saturated rings. The number of ether oxygens (including phenoxy) is 1. The minimum Gasteiger partial charge on any atom is -0.481 e. The number of ketones is 1. The molecule has 1 aromatic rings. The van der Waals surface area contributed by atoms with Gasteiger partial charge in [0.25, 0.3) is 0 Å². The van der Waals surface area contributed by atoms with Gasteiger partial charge in [0.05, 0.1) is 7.11 Å². The molecule has 0 spiro atoms. The molecular formula is C12H16N2O2. The Morgan fingerprint density at radius 2 is 2.19 bits per heavy atom. The number of rotatable bonds is 3. The van der Waals surface area contributed by atoms with Crippen molar-refractivity contribution in [3.63, 3.8) is 0 Å². The summed E-state index contributed by atoms with van der Waals surface area (Å²) in [5.41, 5.74) is 0.688. The molecule has 2 heterocycles. The van der Waals surface area contributed by atoms with Crippen molar-refractivity contribution in [2.24, 2.45) is 5.92 Å². The van der Waals surface area contributed by atoms with Crippen molar-refractivity contribution in [3.05, 3.63) is 23.9 Å². The second-order valence-corrected chi connectivity index (χ2v) is 3.98. The SMILES string of the molecule is COc1ccc(C(=O)C2CCNCC2)cn1. The third kappa shape index (κ3) is 2.39. The van der Waals surface area contributed by atoms with Crippen LogP contribution in [0.2, 0.25) is 0 Å². The molecule has 4 heteroatoms. The van der Waals surface area contributed by atoms with Crippen molar-refractivity contribution in [1.82, 2.24) is 10.3 Å². The maximum Gasteiger partial charge on any atom is 0.212 e. The number of carbonyl (C=O) groups is 1. The highest BCUT2D eigenvalue weighted by Crippen LogP contribution is 2.18. The molecule has 16 heavy (non-hydrogen) atoms. The van der Waals surface area contributed by atoms with Crippen LogP contribution in [0.4, 0.5) is 0 Å². The molecule has 4 nitrogen and oxygen atoms in total. The molecule has 0 unspecified atom stereocenters. The van der Waals surface area contributed by atoms with Gasteiger partial charge in [0, 0.05) is 23.7 Å². The van der Waals surface area contributed by atoms with Gasteiger partial charge in [-0.15, -0.1) is 0 Å². The predicted octanol–water partition coefficient (Wildman–Crippen LogP) is 1.27. The molecule has 1 aliphatic rings. The number of Topliss-reactive ketones (excluding diaryl/α,β-unsaturated/α-hetero) is 1. The summed E-state index contributed by atoms with van der Waals surface area (Å²) in [4.78, 5) is 16.1. The van der Waals surface area contributed by atoms with Crippen LogP contribution in [0.15, 0.2) is 18.3 Å². The monoisotopic (exact) mass is 220 g/mol. The lowest BCUT2D eigenvalue weighted by Crippen LogP contribution is -2.31. The Kier molecular flexibility index (Phi) is 3.51. The third-order valence-electron chi connectivity index (χ3n) is 2.94. The van der Waals surface area contributed by atoms with Gasteiger partial charge in [0.1, 0.15) is 0 Å². The Hall–Kier alpha value is -1.42. The number of nitrogens with one attached hydrogen (secondary N) is 1. The van der Waals surface area contributed by atoms with Crippen molar-refractivity contribution in [2.45, 2.75) is 12.8 Å². The minimum atomic E-state index is 0.149. The highest BCUT2D eigenvalue weighted by atomic mass is 16.5. The van der Waals surface area contributed by atoms with Crippen LogP contribution < -0.4 is 10.1 Å². The van der Waals surface area contributed by atoms with Crippen LogP contribution in [0.3, 0.4) is 0 Å². The van der Waals surface area contributed by atoms with Crippen molar-refractivity contribution in [3.8, 4) is 5.88 Å². The van der Waals surface area contributed by atoms with Gasteiger partial charge in [-0.2, -0.15) is 0 Å². The van der Waals surface area contributed by atoms with E-state index in [1.54, 1.807) is 25.4 Å². The number of pyridine rings is 1. The maximum absolute atomic E-state index is 12.1. The molecule has 0 amide bonds. The Bertz CT molecular complexity index is 356. The predicted molar refractivity (Wildman–Crippen MR) is 60.7 cm³/mol. The standard InChI is InChI=1S/C12H16N2O2/c1-16-11-3-2-10(8-14-11)12(15)9-4-6-13-7-5-9/h2-3,8-9,13H,4-7H2,1H3. The van der Waals surface area contributed by atoms with Crippen molar-refractivity contribution >= 4 is 5.78 Å². The number of carbonyl (C=O) groups excluding carboxylic acids is 1. The van der Waals surface area contributed by atoms with Crippen LogP contribution in [0.5, 0.6) is 5.88 Å². The maximum atomic E-state index is 12.1. The number of nitrogens with zero attached hydrogens (tertiary/aromatic N) is 1. The van der Waals surface area contributed by atoms with E-state index >= 15 is 0 Å². The highest BCUT2D eigenvalue weighted by molar-refractivity contribution is 5.97. The zero-order valence-electron chi connectivity index (χ0n) is 9.40. The van der Waals surface area contributed by atoms with Crippen molar-refractivity contribution < 1.29 is 9.53 Å². The Balaban J connectivity index is 2.07. The summed E-state index contributed by atoms with van der Waals surface area (Å²) in [6.45, 7) is 1.86. The van der Waals surface area contributed by atoms with Crippen LogP contribution in [0.1, 0.15) is 23.2 Å². The summed E-state index contributed by atoms with van der Waals surface area (Å²) in [5, 5.41) is 3.25. The zero-order chi connectivity index (χ0) is 11.4. The minimum absolute atomic E-state index is 0.149. The van der Waals surface area contributed by atoms with Crippen LogP contribution >= 0.6 is 0 Å². The van der Waals surface area contributed by atoms with Gasteiger partial charge in [-0.05, 0) is 32.0 Å². The lowest BCUT2D eigenvalue weighted by molar-refractivity contribution is 0.0894. The summed E-state index contributed by atoms with van der Waals surface area (Å²) < 4.78 is 4.96. The van der Waals surface area contributed by atoms with Crippen LogP contribution in [-0.4, -0.2) is 31.0 Å². The first-order chi connectivity index (χ1) is 7.81. The average Bonchev–Trinajstić information content (AvgIpc) is 2.39. The molecule has 1 aromatic heterocycles. The Morgan fingerprint density at radius 3 is 2.75 bits per heavy atom. The van der Waals surface area contributed by atoms with Crippen LogP contribution in [0.25, 0.3) is 0 Å². The smallest absolute Gasteiger partial charge is 0.212 e. The van der Waals surface area contributed by atoms with E-state index in [2.05, 4.69) is 10.3 Å². The summed E-state index contributed by atoms with van der Waals surface area (Å²) in [5.74, 6) is 0.898. The van der Waals surface area contributed by atoms with E-state index in [-0.39, 0.29) is 11.7 Å². The summed E-state index contributed by atoms with van der Waals surface area (Å²) >= 11 is 0. The number of piperidine rings is 1. The van der Waals surface area contributed by atoms with Crippen molar-refractivity contribution in [1.29, 1.82) is 0 Å². The Morgan fingerprint density at radius 1 is 1.44 bits per heavy atom. The van der Waals surface area contributed by atoms with E-state index in [4.69, 9.17) is 4.74 Å². The molecule has 0 aliphatic carbocycles. The summed E-state index contributed by atoms with van der Waals surface area (Å²) in [7, 11) is 1.57. The topological polar surface area (TPSA) is 51.2 Å². The van der Waals surface area contributed by atoms with Gasteiger partial charge < -0.3 is 10.1 Å². The quantitative estimate of drug-likeness (QED) is 0.779. The number of aromatic nitrogens is 1. The lowest BCUT2D eigenvalue weighted by Gasteiger charge is -2.21. The van der Waals surface area contributed by atoms with E-state index < -0.39 is 0 Å². The number of methoxy groups -OCH3 is 1. The molecule has 0 bridgehead atoms. The molecule has 86 valence electrons. The van der Waals surface area contributed by atoms with E-state index in [1.165, 1.54) is 0 Å². The first kappa shape index (κ1) is 11.1. The highest BCUT2D eigenvalue weighted by Gasteiger charge is 2.22. The van der Waals surface area contributed by atoms with Gasteiger partial charge in [-0.1, -0.05) is 0 Å². The van der Waals surface area contributed by atoms with Gasteiger partial charge in [0.2, 0.25) is 5.88 Å². The molecular weight excluding hydrogens is 204 g/mol. The summed E-state index contributed by atoms with van der Waals surface area (Å²) in [6.07, 6.45) is 3.44. The van der Waals surface area contributed by atoms with Gasteiger partial charge in [-0.25, -0.2) is 4.98 Å². The molecule has 2 rings (SSSR count). The normalized spacial score (nSPS) is 17.1. The number of hydrogen-bond donors (Lipinski definition) is 1. The molecule has 0 atom stereocenters. The number of hydrogen-bond acceptors (Lipinski definition) is 4. The molecule has 0 saturated carbocycles. The molecule has 0 aromatic carbocycles. The molecule has 1 saturated heterocycles. The zero-order valence-corrected chi connectivity index (χ0v) is 9.40.